The van der Waals surface area contributed by atoms with Crippen molar-refractivity contribution in [2.24, 2.45) is 0 Å². The fourth-order valence-electron chi connectivity index (χ4n) is 2.76. The van der Waals surface area contributed by atoms with Crippen molar-refractivity contribution in [3.63, 3.8) is 0 Å². The van der Waals surface area contributed by atoms with Crippen molar-refractivity contribution in [3.05, 3.63) is 59.7 Å². The molecule has 0 unspecified atom stereocenters. The Kier molecular flexibility index (Phi) is 3.87. The third-order valence-electron chi connectivity index (χ3n) is 3.88. The minimum Gasteiger partial charge on any atom is -0.366 e. The van der Waals surface area contributed by atoms with Gasteiger partial charge in [0.2, 0.25) is 9.84 Å². The molecule has 0 bridgehead atoms. The van der Waals surface area contributed by atoms with Gasteiger partial charge in [0.15, 0.2) is 0 Å². The molecule has 0 aliphatic carbocycles. The van der Waals surface area contributed by atoms with Crippen molar-refractivity contribution in [1.82, 2.24) is 0 Å². The highest BCUT2D eigenvalue weighted by Crippen LogP contribution is 2.32. The van der Waals surface area contributed by atoms with Gasteiger partial charge in [-0.2, -0.15) is 8.78 Å². The highest BCUT2D eigenvalue weighted by molar-refractivity contribution is 7.91. The predicted molar refractivity (Wildman–Crippen MR) is 80.8 cm³/mol. The van der Waals surface area contributed by atoms with Gasteiger partial charge >= 0.3 is 5.76 Å². The zero-order valence-electron chi connectivity index (χ0n) is 11.7. The summed E-state index contributed by atoms with van der Waals surface area (Å²) >= 11 is 0. The van der Waals surface area contributed by atoms with Crippen LogP contribution in [-0.2, 0) is 22.8 Å². The number of hydrogen-bond donors (Lipinski definition) is 0. The third kappa shape index (κ3) is 2.59. The number of alkyl halides is 2. The molecule has 0 atom stereocenters. The van der Waals surface area contributed by atoms with E-state index in [9.17, 15) is 17.2 Å². The Balaban J connectivity index is 2.01. The fourth-order valence-corrected chi connectivity index (χ4v) is 3.71. The first-order chi connectivity index (χ1) is 10.5. The normalized spacial score (nSPS) is 15.0. The lowest BCUT2D eigenvalue weighted by Gasteiger charge is -2.32. The van der Waals surface area contributed by atoms with Gasteiger partial charge in [-0.25, -0.2) is 8.42 Å². The summed E-state index contributed by atoms with van der Waals surface area (Å²) < 4.78 is 49.5. The number of nitrogens with zero attached hydrogens (tertiary/aromatic N) is 1. The standard InChI is InChI=1S/C16H15F2NO2S/c17-16(18)22(20,21)15-8-4-3-7-14(15)19-10-9-12-5-1-2-6-13(12)11-19/h1-8,16H,9-11H2. The summed E-state index contributed by atoms with van der Waals surface area (Å²) in [6.07, 6.45) is 0.763. The van der Waals surface area contributed by atoms with Crippen LogP contribution in [0.15, 0.2) is 53.4 Å². The first-order valence-corrected chi connectivity index (χ1v) is 8.47. The number of halogens is 2. The molecule has 1 heterocycles. The van der Waals surface area contributed by atoms with Gasteiger partial charge in [0.25, 0.3) is 0 Å². The summed E-state index contributed by atoms with van der Waals surface area (Å²) in [5, 5.41) is 0. The highest BCUT2D eigenvalue weighted by atomic mass is 32.2. The molecule has 0 N–H and O–H groups in total. The summed E-state index contributed by atoms with van der Waals surface area (Å²) in [5.74, 6) is -3.41. The van der Waals surface area contributed by atoms with Gasteiger partial charge in [0, 0.05) is 13.1 Å². The van der Waals surface area contributed by atoms with Crippen molar-refractivity contribution in [2.75, 3.05) is 11.4 Å². The number of benzene rings is 2. The quantitative estimate of drug-likeness (QED) is 0.870. The van der Waals surface area contributed by atoms with Crippen molar-refractivity contribution in [1.29, 1.82) is 0 Å². The Morgan fingerprint density at radius 2 is 1.59 bits per heavy atom. The summed E-state index contributed by atoms with van der Waals surface area (Å²) in [5.41, 5.74) is 2.66. The zero-order valence-corrected chi connectivity index (χ0v) is 12.6. The van der Waals surface area contributed by atoms with Gasteiger partial charge in [-0.3, -0.25) is 0 Å². The van der Waals surface area contributed by atoms with Crippen LogP contribution in [0.3, 0.4) is 0 Å². The van der Waals surface area contributed by atoms with Gasteiger partial charge in [-0.05, 0) is 29.7 Å². The third-order valence-corrected chi connectivity index (χ3v) is 5.31. The molecular weight excluding hydrogens is 308 g/mol. The Bertz CT molecular complexity index is 790. The van der Waals surface area contributed by atoms with Gasteiger partial charge < -0.3 is 4.90 Å². The molecule has 2 aromatic rings. The number of rotatable bonds is 3. The van der Waals surface area contributed by atoms with Crippen LogP contribution in [0.1, 0.15) is 11.1 Å². The maximum atomic E-state index is 12.9. The minimum atomic E-state index is -4.61. The maximum absolute atomic E-state index is 12.9. The minimum absolute atomic E-state index is 0.301. The molecule has 3 rings (SSSR count). The summed E-state index contributed by atoms with van der Waals surface area (Å²) in [6, 6.07) is 13.9. The van der Waals surface area contributed by atoms with Crippen LogP contribution in [0.2, 0.25) is 0 Å². The highest BCUT2D eigenvalue weighted by Gasteiger charge is 2.31. The average Bonchev–Trinajstić information content (AvgIpc) is 2.54. The van der Waals surface area contributed by atoms with E-state index in [1.165, 1.54) is 17.7 Å². The second-order valence-electron chi connectivity index (χ2n) is 5.21. The molecule has 0 saturated heterocycles. The van der Waals surface area contributed by atoms with Crippen molar-refractivity contribution < 1.29 is 17.2 Å². The van der Waals surface area contributed by atoms with Crippen LogP contribution in [0.5, 0.6) is 0 Å². The van der Waals surface area contributed by atoms with E-state index >= 15 is 0 Å². The van der Waals surface area contributed by atoms with Crippen LogP contribution in [0, 0.1) is 0 Å². The molecule has 0 amide bonds. The molecule has 0 fully saturated rings. The lowest BCUT2D eigenvalue weighted by atomic mass is 9.99. The second kappa shape index (κ2) is 5.68. The van der Waals surface area contributed by atoms with Gasteiger partial charge in [0.05, 0.1) is 10.6 Å². The molecule has 116 valence electrons. The number of para-hydroxylation sites is 1. The fraction of sp³-hybridized carbons (Fsp3) is 0.250. The maximum Gasteiger partial charge on any atom is 0.341 e. The monoisotopic (exact) mass is 323 g/mol. The van der Waals surface area contributed by atoms with Crippen LogP contribution in [0.25, 0.3) is 0 Å². The Labute approximate surface area is 128 Å². The van der Waals surface area contributed by atoms with Crippen molar-refractivity contribution in [3.8, 4) is 0 Å². The predicted octanol–water partition coefficient (Wildman–Crippen LogP) is 3.25. The van der Waals surface area contributed by atoms with Crippen molar-refractivity contribution >= 4 is 15.5 Å². The average molecular weight is 323 g/mol. The SMILES string of the molecule is O=S(=O)(c1ccccc1N1CCc2ccccc2C1)C(F)F. The second-order valence-corrected chi connectivity index (χ2v) is 7.10. The smallest absolute Gasteiger partial charge is 0.341 e. The first kappa shape index (κ1) is 15.0. The molecule has 2 aromatic carbocycles. The summed E-state index contributed by atoms with van der Waals surface area (Å²) in [4.78, 5) is 1.54. The van der Waals surface area contributed by atoms with Gasteiger partial charge in [-0.15, -0.1) is 0 Å². The van der Waals surface area contributed by atoms with E-state index < -0.39 is 15.6 Å². The number of anilines is 1. The Morgan fingerprint density at radius 3 is 2.32 bits per heavy atom. The van der Waals surface area contributed by atoms with Crippen LogP contribution < -0.4 is 4.90 Å². The molecule has 3 nitrogen and oxygen atoms in total. The topological polar surface area (TPSA) is 37.4 Å². The number of fused-ring (bicyclic) bond motifs is 1. The van der Waals surface area contributed by atoms with E-state index in [1.54, 1.807) is 12.1 Å². The summed E-state index contributed by atoms with van der Waals surface area (Å²) in [7, 11) is -4.61. The molecule has 1 aliphatic rings. The van der Waals surface area contributed by atoms with Crippen LogP contribution >= 0.6 is 0 Å². The molecule has 0 aromatic heterocycles. The van der Waals surface area contributed by atoms with E-state index in [4.69, 9.17) is 0 Å². The van der Waals surface area contributed by atoms with E-state index in [0.29, 0.717) is 18.8 Å². The molecule has 0 radical (unpaired) electrons. The number of hydrogen-bond acceptors (Lipinski definition) is 3. The number of sulfone groups is 1. The van der Waals surface area contributed by atoms with Crippen LogP contribution in [0.4, 0.5) is 14.5 Å². The zero-order chi connectivity index (χ0) is 15.7. The summed E-state index contributed by atoms with van der Waals surface area (Å²) in [6.45, 7) is 1.12. The Morgan fingerprint density at radius 1 is 0.955 bits per heavy atom. The Hall–Kier alpha value is -1.95. The van der Waals surface area contributed by atoms with Gasteiger partial charge in [-0.1, -0.05) is 36.4 Å². The molecule has 1 aliphatic heterocycles. The molecular formula is C16H15F2NO2S. The van der Waals surface area contributed by atoms with E-state index in [1.807, 2.05) is 29.2 Å². The van der Waals surface area contributed by atoms with E-state index in [2.05, 4.69) is 0 Å². The molecule has 22 heavy (non-hydrogen) atoms. The molecule has 0 saturated carbocycles. The van der Waals surface area contributed by atoms with E-state index in [-0.39, 0.29) is 4.90 Å². The molecule has 0 spiro atoms. The van der Waals surface area contributed by atoms with Crippen LogP contribution in [-0.4, -0.2) is 20.7 Å². The van der Waals surface area contributed by atoms with Gasteiger partial charge in [0.1, 0.15) is 0 Å². The van der Waals surface area contributed by atoms with E-state index in [0.717, 1.165) is 12.0 Å². The largest absolute Gasteiger partial charge is 0.366 e. The first-order valence-electron chi connectivity index (χ1n) is 6.93. The lowest BCUT2D eigenvalue weighted by molar-refractivity contribution is 0.235. The lowest BCUT2D eigenvalue weighted by Crippen LogP contribution is -2.31. The van der Waals surface area contributed by atoms with Crippen molar-refractivity contribution in [2.45, 2.75) is 23.6 Å². The molecule has 6 heteroatoms.